The molecule has 17 heavy (non-hydrogen) atoms. The van der Waals surface area contributed by atoms with E-state index in [4.69, 9.17) is 5.73 Å². The van der Waals surface area contributed by atoms with Crippen LogP contribution in [0.3, 0.4) is 0 Å². The van der Waals surface area contributed by atoms with Gasteiger partial charge in [0, 0.05) is 18.6 Å². The first kappa shape index (κ1) is 13.7. The van der Waals surface area contributed by atoms with Crippen molar-refractivity contribution in [3.63, 3.8) is 0 Å². The Balaban J connectivity index is 1.82. The van der Waals surface area contributed by atoms with Gasteiger partial charge in [-0.2, -0.15) is 11.8 Å². The van der Waals surface area contributed by atoms with E-state index in [-0.39, 0.29) is 0 Å². The molecule has 0 aromatic heterocycles. The third-order valence-electron chi connectivity index (χ3n) is 4.44. The Bertz CT molecular complexity index is 236. The highest BCUT2D eigenvalue weighted by atomic mass is 32.2. The van der Waals surface area contributed by atoms with Gasteiger partial charge in [0.25, 0.3) is 0 Å². The summed E-state index contributed by atoms with van der Waals surface area (Å²) in [5.74, 6) is 3.47. The molecule has 1 aliphatic heterocycles. The predicted octanol–water partition coefficient (Wildman–Crippen LogP) is 2.63. The lowest BCUT2D eigenvalue weighted by Crippen LogP contribution is -2.48. The lowest BCUT2D eigenvalue weighted by molar-refractivity contribution is 0.306. The largest absolute Gasteiger partial charge is 0.329 e. The first-order valence-electron chi connectivity index (χ1n) is 7.14. The molecule has 0 aromatic rings. The zero-order chi connectivity index (χ0) is 12.3. The first-order chi connectivity index (χ1) is 8.11. The van der Waals surface area contributed by atoms with E-state index in [2.05, 4.69) is 30.9 Å². The molecule has 1 saturated heterocycles. The van der Waals surface area contributed by atoms with Crippen molar-refractivity contribution in [3.05, 3.63) is 0 Å². The second kappa shape index (κ2) is 5.94. The topological polar surface area (TPSA) is 38.0 Å². The summed E-state index contributed by atoms with van der Waals surface area (Å²) in [5, 5.41) is 3.85. The molecule has 100 valence electrons. The third-order valence-corrected chi connectivity index (χ3v) is 5.68. The van der Waals surface area contributed by atoms with Crippen molar-refractivity contribution in [2.24, 2.45) is 17.1 Å². The van der Waals surface area contributed by atoms with Crippen molar-refractivity contribution in [1.29, 1.82) is 0 Å². The lowest BCUT2D eigenvalue weighted by atomic mass is 9.91. The van der Waals surface area contributed by atoms with Gasteiger partial charge >= 0.3 is 0 Å². The Morgan fingerprint density at radius 2 is 2.24 bits per heavy atom. The van der Waals surface area contributed by atoms with Gasteiger partial charge in [-0.3, -0.25) is 0 Å². The number of nitrogens with two attached hydrogens (primary N) is 1. The van der Waals surface area contributed by atoms with E-state index in [9.17, 15) is 0 Å². The highest BCUT2D eigenvalue weighted by Crippen LogP contribution is 2.37. The summed E-state index contributed by atoms with van der Waals surface area (Å²) in [6.45, 7) is 5.59. The Labute approximate surface area is 110 Å². The molecule has 1 saturated carbocycles. The molecule has 3 atom stereocenters. The van der Waals surface area contributed by atoms with Crippen LogP contribution in [0.1, 0.15) is 46.0 Å². The van der Waals surface area contributed by atoms with Crippen molar-refractivity contribution in [3.8, 4) is 0 Å². The van der Waals surface area contributed by atoms with Crippen LogP contribution in [0.2, 0.25) is 0 Å². The Kier molecular flexibility index (Phi) is 4.79. The zero-order valence-electron chi connectivity index (χ0n) is 11.4. The van der Waals surface area contributed by atoms with Crippen LogP contribution in [0, 0.1) is 11.3 Å². The zero-order valence-corrected chi connectivity index (χ0v) is 12.2. The van der Waals surface area contributed by atoms with Crippen LogP contribution in [0.25, 0.3) is 0 Å². The van der Waals surface area contributed by atoms with Crippen molar-refractivity contribution >= 4 is 11.8 Å². The molecule has 2 fully saturated rings. The van der Waals surface area contributed by atoms with Crippen LogP contribution in [0.5, 0.6) is 0 Å². The fraction of sp³-hybridized carbons (Fsp3) is 1.00. The summed E-state index contributed by atoms with van der Waals surface area (Å²) >= 11 is 2.11. The molecule has 3 N–H and O–H groups in total. The molecule has 1 aliphatic carbocycles. The van der Waals surface area contributed by atoms with E-state index >= 15 is 0 Å². The van der Waals surface area contributed by atoms with Gasteiger partial charge in [0.2, 0.25) is 0 Å². The molecule has 0 radical (unpaired) electrons. The summed E-state index contributed by atoms with van der Waals surface area (Å²) in [4.78, 5) is 0. The number of thioether (sulfide) groups is 1. The normalized spacial score (nSPS) is 34.8. The predicted molar refractivity (Wildman–Crippen MR) is 77.4 cm³/mol. The van der Waals surface area contributed by atoms with E-state index in [1.807, 2.05) is 0 Å². The van der Waals surface area contributed by atoms with Gasteiger partial charge in [0.15, 0.2) is 0 Å². The second-order valence-electron chi connectivity index (χ2n) is 6.59. The SMILES string of the molecule is CC1(C)CCC(NC(CN)C2CCCSC2)C1. The van der Waals surface area contributed by atoms with Crippen molar-refractivity contribution in [2.75, 3.05) is 18.1 Å². The van der Waals surface area contributed by atoms with Gasteiger partial charge in [0.05, 0.1) is 0 Å². The van der Waals surface area contributed by atoms with E-state index in [0.29, 0.717) is 17.5 Å². The standard InChI is InChI=1S/C14H28N2S/c1-14(2)6-5-12(8-14)16-13(9-15)11-4-3-7-17-10-11/h11-13,16H,3-10,15H2,1-2H3. The van der Waals surface area contributed by atoms with Gasteiger partial charge in [-0.05, 0) is 54.9 Å². The molecular weight excluding hydrogens is 228 g/mol. The van der Waals surface area contributed by atoms with Crippen LogP contribution in [0.4, 0.5) is 0 Å². The van der Waals surface area contributed by atoms with Crippen molar-refractivity contribution in [1.82, 2.24) is 5.32 Å². The molecule has 2 rings (SSSR count). The number of rotatable bonds is 4. The summed E-state index contributed by atoms with van der Waals surface area (Å²) in [6.07, 6.45) is 6.77. The molecule has 2 nitrogen and oxygen atoms in total. The van der Waals surface area contributed by atoms with Crippen molar-refractivity contribution in [2.45, 2.75) is 58.0 Å². The van der Waals surface area contributed by atoms with Crippen LogP contribution in [-0.2, 0) is 0 Å². The van der Waals surface area contributed by atoms with Gasteiger partial charge in [-0.1, -0.05) is 13.8 Å². The maximum absolute atomic E-state index is 5.98. The van der Waals surface area contributed by atoms with Gasteiger partial charge < -0.3 is 11.1 Å². The molecule has 3 heteroatoms. The monoisotopic (exact) mass is 256 g/mol. The fourth-order valence-electron chi connectivity index (χ4n) is 3.36. The van der Waals surface area contributed by atoms with Crippen LogP contribution >= 0.6 is 11.8 Å². The fourth-order valence-corrected chi connectivity index (χ4v) is 4.60. The van der Waals surface area contributed by atoms with Gasteiger partial charge in [0.1, 0.15) is 0 Å². The summed E-state index contributed by atoms with van der Waals surface area (Å²) in [5.41, 5.74) is 6.52. The molecule has 0 bridgehead atoms. The highest BCUT2D eigenvalue weighted by molar-refractivity contribution is 7.99. The minimum Gasteiger partial charge on any atom is -0.329 e. The van der Waals surface area contributed by atoms with Crippen LogP contribution in [-0.4, -0.2) is 30.1 Å². The van der Waals surface area contributed by atoms with Gasteiger partial charge in [-0.15, -0.1) is 0 Å². The summed E-state index contributed by atoms with van der Waals surface area (Å²) in [7, 11) is 0. The number of nitrogens with one attached hydrogen (secondary N) is 1. The van der Waals surface area contributed by atoms with E-state index < -0.39 is 0 Å². The molecule has 2 aliphatic rings. The Hall–Kier alpha value is 0.270. The Morgan fingerprint density at radius 1 is 1.41 bits per heavy atom. The molecule has 3 unspecified atom stereocenters. The maximum atomic E-state index is 5.98. The molecule has 0 aromatic carbocycles. The highest BCUT2D eigenvalue weighted by Gasteiger charge is 2.33. The molecule has 0 amide bonds. The van der Waals surface area contributed by atoms with Crippen LogP contribution < -0.4 is 11.1 Å². The van der Waals surface area contributed by atoms with Crippen molar-refractivity contribution < 1.29 is 0 Å². The molecule has 0 spiro atoms. The number of hydrogen-bond donors (Lipinski definition) is 2. The third kappa shape index (κ3) is 3.87. The van der Waals surface area contributed by atoms with E-state index in [1.165, 1.54) is 43.6 Å². The average molecular weight is 256 g/mol. The lowest BCUT2D eigenvalue weighted by Gasteiger charge is -2.32. The molecular formula is C14H28N2S. The summed E-state index contributed by atoms with van der Waals surface area (Å²) < 4.78 is 0. The summed E-state index contributed by atoms with van der Waals surface area (Å²) in [6, 6.07) is 1.27. The minimum atomic E-state index is 0.540. The quantitative estimate of drug-likeness (QED) is 0.812. The molecule has 1 heterocycles. The van der Waals surface area contributed by atoms with Crippen LogP contribution in [0.15, 0.2) is 0 Å². The minimum absolute atomic E-state index is 0.540. The average Bonchev–Trinajstić information content (AvgIpc) is 2.67. The first-order valence-corrected chi connectivity index (χ1v) is 8.30. The van der Waals surface area contributed by atoms with E-state index in [0.717, 1.165) is 12.5 Å². The van der Waals surface area contributed by atoms with Gasteiger partial charge in [-0.25, -0.2) is 0 Å². The second-order valence-corrected chi connectivity index (χ2v) is 7.74. The Morgan fingerprint density at radius 3 is 2.76 bits per heavy atom. The number of hydrogen-bond acceptors (Lipinski definition) is 3. The van der Waals surface area contributed by atoms with E-state index in [1.54, 1.807) is 0 Å². The maximum Gasteiger partial charge on any atom is 0.0228 e. The smallest absolute Gasteiger partial charge is 0.0228 e.